The van der Waals surface area contributed by atoms with Crippen LogP contribution in [-0.4, -0.2) is 7.11 Å². The highest BCUT2D eigenvalue weighted by Gasteiger charge is 2.30. The lowest BCUT2D eigenvalue weighted by atomic mass is 10.0. The molecule has 0 aliphatic rings. The number of benzene rings is 2. The van der Waals surface area contributed by atoms with Crippen molar-refractivity contribution in [3.8, 4) is 16.9 Å². The van der Waals surface area contributed by atoms with Crippen molar-refractivity contribution in [1.82, 2.24) is 0 Å². The molecule has 0 fully saturated rings. The lowest BCUT2D eigenvalue weighted by Gasteiger charge is -2.10. The van der Waals surface area contributed by atoms with Crippen LogP contribution >= 0.6 is 0 Å². The molecule has 19 heavy (non-hydrogen) atoms. The zero-order valence-corrected chi connectivity index (χ0v) is 10.6. The molecule has 1 nitrogen and oxygen atoms in total. The Labute approximate surface area is 109 Å². The molecule has 4 heteroatoms. The van der Waals surface area contributed by atoms with Gasteiger partial charge in [0, 0.05) is 0 Å². The quantitative estimate of drug-likeness (QED) is 0.766. The van der Waals surface area contributed by atoms with E-state index in [0.717, 1.165) is 17.7 Å². The van der Waals surface area contributed by atoms with E-state index in [2.05, 4.69) is 0 Å². The van der Waals surface area contributed by atoms with Crippen molar-refractivity contribution in [3.05, 3.63) is 53.6 Å². The molecule has 0 aromatic heterocycles. The van der Waals surface area contributed by atoms with Gasteiger partial charge in [0.2, 0.25) is 0 Å². The number of methoxy groups -OCH3 is 1. The van der Waals surface area contributed by atoms with Crippen LogP contribution in [0.15, 0.2) is 42.5 Å². The molecule has 0 N–H and O–H groups in total. The molecular weight excluding hydrogens is 253 g/mol. The Balaban J connectivity index is 2.50. The van der Waals surface area contributed by atoms with Gasteiger partial charge in [0.15, 0.2) is 0 Å². The molecule has 2 aromatic rings. The molecule has 0 spiro atoms. The van der Waals surface area contributed by atoms with Crippen molar-refractivity contribution in [3.63, 3.8) is 0 Å². The van der Waals surface area contributed by atoms with Gasteiger partial charge in [-0.3, -0.25) is 0 Å². The summed E-state index contributed by atoms with van der Waals surface area (Å²) in [6, 6.07) is 10.7. The van der Waals surface area contributed by atoms with Gasteiger partial charge in [-0.05, 0) is 47.9 Å². The van der Waals surface area contributed by atoms with Crippen LogP contribution in [0.3, 0.4) is 0 Å². The molecule has 0 aliphatic heterocycles. The molecule has 0 radical (unpaired) electrons. The third kappa shape index (κ3) is 3.08. The van der Waals surface area contributed by atoms with Crippen LogP contribution < -0.4 is 4.74 Å². The fourth-order valence-corrected chi connectivity index (χ4v) is 1.91. The molecule has 0 aliphatic carbocycles. The zero-order valence-electron chi connectivity index (χ0n) is 10.6. The van der Waals surface area contributed by atoms with Gasteiger partial charge in [0.25, 0.3) is 0 Å². The summed E-state index contributed by atoms with van der Waals surface area (Å²) in [4.78, 5) is 0. The molecule has 100 valence electrons. The fourth-order valence-electron chi connectivity index (χ4n) is 1.91. The molecule has 0 unspecified atom stereocenters. The van der Waals surface area contributed by atoms with Crippen molar-refractivity contribution in [2.45, 2.75) is 13.1 Å². The van der Waals surface area contributed by atoms with Crippen LogP contribution in [0, 0.1) is 6.92 Å². The van der Waals surface area contributed by atoms with Crippen LogP contribution in [-0.2, 0) is 6.18 Å². The maximum Gasteiger partial charge on any atom is 0.416 e. The second kappa shape index (κ2) is 4.96. The third-order valence-corrected chi connectivity index (χ3v) is 2.81. The second-order valence-electron chi connectivity index (χ2n) is 4.32. The van der Waals surface area contributed by atoms with Gasteiger partial charge in [0.1, 0.15) is 5.75 Å². The summed E-state index contributed by atoms with van der Waals surface area (Å²) < 4.78 is 43.2. The first-order valence-corrected chi connectivity index (χ1v) is 5.73. The van der Waals surface area contributed by atoms with Crippen molar-refractivity contribution in [2.75, 3.05) is 7.11 Å². The van der Waals surface area contributed by atoms with Crippen LogP contribution in [0.2, 0.25) is 0 Å². The predicted molar refractivity (Wildman–Crippen MR) is 68.2 cm³/mol. The summed E-state index contributed by atoms with van der Waals surface area (Å²) in [6.45, 7) is 1.87. The van der Waals surface area contributed by atoms with Crippen molar-refractivity contribution in [1.29, 1.82) is 0 Å². The number of aryl methyl sites for hydroxylation is 1. The first-order chi connectivity index (χ1) is 8.90. The summed E-state index contributed by atoms with van der Waals surface area (Å²) in [5.74, 6) is 0.632. The highest BCUT2D eigenvalue weighted by Crippen LogP contribution is 2.33. The van der Waals surface area contributed by atoms with Gasteiger partial charge in [-0.25, -0.2) is 0 Å². The minimum atomic E-state index is -4.33. The number of hydrogen-bond donors (Lipinski definition) is 0. The van der Waals surface area contributed by atoms with E-state index in [4.69, 9.17) is 4.74 Å². The van der Waals surface area contributed by atoms with E-state index in [1.165, 1.54) is 13.2 Å². The third-order valence-electron chi connectivity index (χ3n) is 2.81. The van der Waals surface area contributed by atoms with Crippen LogP contribution in [0.4, 0.5) is 13.2 Å². The lowest BCUT2D eigenvalue weighted by molar-refractivity contribution is -0.137. The van der Waals surface area contributed by atoms with Gasteiger partial charge >= 0.3 is 6.18 Å². The molecule has 2 aromatic carbocycles. The average molecular weight is 266 g/mol. The van der Waals surface area contributed by atoms with Crippen LogP contribution in [0.1, 0.15) is 11.1 Å². The Morgan fingerprint density at radius 1 is 0.947 bits per heavy atom. The molecule has 0 atom stereocenters. The van der Waals surface area contributed by atoms with E-state index in [9.17, 15) is 13.2 Å². The summed E-state index contributed by atoms with van der Waals surface area (Å²) in [6.07, 6.45) is -4.33. The number of alkyl halides is 3. The largest absolute Gasteiger partial charge is 0.497 e. The number of hydrogen-bond acceptors (Lipinski definition) is 1. The van der Waals surface area contributed by atoms with Gasteiger partial charge in [0.05, 0.1) is 12.7 Å². The summed E-state index contributed by atoms with van der Waals surface area (Å²) in [5.41, 5.74) is 1.53. The minimum Gasteiger partial charge on any atom is -0.497 e. The first-order valence-electron chi connectivity index (χ1n) is 5.73. The summed E-state index contributed by atoms with van der Waals surface area (Å²) >= 11 is 0. The van der Waals surface area contributed by atoms with Crippen molar-refractivity contribution in [2.24, 2.45) is 0 Å². The second-order valence-corrected chi connectivity index (χ2v) is 4.32. The predicted octanol–water partition coefficient (Wildman–Crippen LogP) is 4.69. The van der Waals surface area contributed by atoms with E-state index in [1.54, 1.807) is 12.1 Å². The van der Waals surface area contributed by atoms with E-state index in [-0.39, 0.29) is 0 Å². The molecule has 0 saturated carbocycles. The Morgan fingerprint density at radius 3 is 2.32 bits per heavy atom. The molecule has 2 rings (SSSR count). The maximum atomic E-state index is 12.7. The van der Waals surface area contributed by atoms with E-state index in [0.29, 0.717) is 16.9 Å². The Hall–Kier alpha value is -1.97. The van der Waals surface area contributed by atoms with Crippen molar-refractivity contribution < 1.29 is 17.9 Å². The maximum absolute atomic E-state index is 12.7. The molecular formula is C15H13F3O. The monoisotopic (exact) mass is 266 g/mol. The smallest absolute Gasteiger partial charge is 0.416 e. The minimum absolute atomic E-state index is 0.525. The van der Waals surface area contributed by atoms with E-state index < -0.39 is 11.7 Å². The van der Waals surface area contributed by atoms with Crippen molar-refractivity contribution >= 4 is 0 Å². The highest BCUT2D eigenvalue weighted by atomic mass is 19.4. The standard InChI is InChI=1S/C15H13F3O/c1-10-6-12(9-14(7-10)19-2)11-4-3-5-13(8-11)15(16,17)18/h3-9H,1-2H3. The Morgan fingerprint density at radius 2 is 1.68 bits per heavy atom. The lowest BCUT2D eigenvalue weighted by Crippen LogP contribution is -2.04. The fraction of sp³-hybridized carbons (Fsp3) is 0.200. The van der Waals surface area contributed by atoms with E-state index >= 15 is 0 Å². The molecule has 0 saturated heterocycles. The van der Waals surface area contributed by atoms with Gasteiger partial charge in [-0.2, -0.15) is 13.2 Å². The Bertz CT molecular complexity index is 588. The molecule has 0 bridgehead atoms. The van der Waals surface area contributed by atoms with Gasteiger partial charge < -0.3 is 4.74 Å². The molecule has 0 heterocycles. The first kappa shape index (κ1) is 13.5. The summed E-state index contributed by atoms with van der Waals surface area (Å²) in [7, 11) is 1.53. The SMILES string of the molecule is COc1cc(C)cc(-c2cccc(C(F)(F)F)c2)c1. The van der Waals surface area contributed by atoms with Crippen LogP contribution in [0.25, 0.3) is 11.1 Å². The van der Waals surface area contributed by atoms with Gasteiger partial charge in [-0.1, -0.05) is 18.2 Å². The number of rotatable bonds is 2. The highest BCUT2D eigenvalue weighted by molar-refractivity contribution is 5.67. The zero-order chi connectivity index (χ0) is 14.0. The van der Waals surface area contributed by atoms with Crippen LogP contribution in [0.5, 0.6) is 5.75 Å². The van der Waals surface area contributed by atoms with Gasteiger partial charge in [-0.15, -0.1) is 0 Å². The number of ether oxygens (including phenoxy) is 1. The topological polar surface area (TPSA) is 9.23 Å². The molecule has 0 amide bonds. The van der Waals surface area contributed by atoms with E-state index in [1.807, 2.05) is 19.1 Å². The summed E-state index contributed by atoms with van der Waals surface area (Å²) in [5, 5.41) is 0. The normalized spacial score (nSPS) is 11.4. The number of halogens is 3. The average Bonchev–Trinajstić information content (AvgIpc) is 2.37. The Kier molecular flexibility index (Phi) is 3.51.